The quantitative estimate of drug-likeness (QED) is 0.448. The van der Waals surface area contributed by atoms with E-state index in [1.807, 2.05) is 18.2 Å². The number of aliphatic imine (C=N–C) groups is 1. The highest BCUT2D eigenvalue weighted by atomic mass is 32.2. The van der Waals surface area contributed by atoms with Crippen molar-refractivity contribution in [2.24, 2.45) is 4.99 Å². The Morgan fingerprint density at radius 3 is 2.23 bits per heavy atom. The van der Waals surface area contributed by atoms with E-state index in [2.05, 4.69) is 58.8 Å². The van der Waals surface area contributed by atoms with Crippen molar-refractivity contribution in [1.29, 1.82) is 0 Å². The molecule has 0 aliphatic carbocycles. The lowest BCUT2D eigenvalue weighted by Crippen LogP contribution is -2.40. The Hall–Kier alpha value is -2.38. The van der Waals surface area contributed by atoms with Crippen molar-refractivity contribution >= 4 is 15.8 Å². The molecule has 2 N–H and O–H groups in total. The zero-order valence-electron chi connectivity index (χ0n) is 18.4. The minimum absolute atomic E-state index is 0.350. The zero-order valence-corrected chi connectivity index (χ0v) is 19.2. The number of rotatable bonds is 10. The maximum absolute atomic E-state index is 11.5. The Morgan fingerprint density at radius 1 is 1.00 bits per heavy atom. The average Bonchev–Trinajstić information content (AvgIpc) is 2.73. The van der Waals surface area contributed by atoms with Gasteiger partial charge >= 0.3 is 0 Å². The number of benzene rings is 2. The minimum Gasteiger partial charge on any atom is -0.356 e. The molecule has 30 heavy (non-hydrogen) atoms. The van der Waals surface area contributed by atoms with Gasteiger partial charge in [-0.3, -0.25) is 9.89 Å². The first-order valence-electron chi connectivity index (χ1n) is 10.3. The molecule has 0 aliphatic heterocycles. The van der Waals surface area contributed by atoms with Crippen LogP contribution in [0.4, 0.5) is 0 Å². The van der Waals surface area contributed by atoms with Crippen molar-refractivity contribution in [3.05, 3.63) is 65.7 Å². The number of hydrogen-bond donors (Lipinski definition) is 2. The summed E-state index contributed by atoms with van der Waals surface area (Å²) >= 11 is 0. The Morgan fingerprint density at radius 2 is 1.63 bits per heavy atom. The van der Waals surface area contributed by atoms with Crippen molar-refractivity contribution in [1.82, 2.24) is 15.5 Å². The van der Waals surface area contributed by atoms with Crippen LogP contribution in [-0.4, -0.2) is 58.8 Å². The van der Waals surface area contributed by atoms with Gasteiger partial charge in [0.05, 0.1) is 4.90 Å². The Bertz CT molecular complexity index is 897. The molecule has 0 heterocycles. The molecule has 2 aromatic rings. The molecule has 164 valence electrons. The first-order valence-corrected chi connectivity index (χ1v) is 12.2. The molecule has 0 saturated heterocycles. The van der Waals surface area contributed by atoms with Gasteiger partial charge in [0.15, 0.2) is 15.8 Å². The maximum Gasteiger partial charge on any atom is 0.190 e. The van der Waals surface area contributed by atoms with Crippen LogP contribution in [-0.2, 0) is 22.8 Å². The van der Waals surface area contributed by atoms with Crippen LogP contribution in [0, 0.1) is 0 Å². The lowest BCUT2D eigenvalue weighted by atomic mass is 10.1. The van der Waals surface area contributed by atoms with Crippen LogP contribution >= 0.6 is 0 Å². The summed E-state index contributed by atoms with van der Waals surface area (Å²) in [6.45, 7) is 4.73. The fourth-order valence-corrected chi connectivity index (χ4v) is 3.73. The third-order valence-corrected chi connectivity index (χ3v) is 6.29. The van der Waals surface area contributed by atoms with Gasteiger partial charge in [0, 0.05) is 39.0 Å². The first-order chi connectivity index (χ1) is 14.3. The number of nitrogens with one attached hydrogen (secondary N) is 2. The van der Waals surface area contributed by atoms with Gasteiger partial charge in [0.25, 0.3) is 0 Å². The van der Waals surface area contributed by atoms with Gasteiger partial charge in [0.1, 0.15) is 0 Å². The van der Waals surface area contributed by atoms with Crippen LogP contribution in [0.15, 0.2) is 64.5 Å². The van der Waals surface area contributed by atoms with Crippen LogP contribution in [0.5, 0.6) is 0 Å². The van der Waals surface area contributed by atoms with Gasteiger partial charge in [-0.05, 0) is 50.1 Å². The fraction of sp³-hybridized carbons (Fsp3) is 0.435. The average molecular weight is 431 g/mol. The highest BCUT2D eigenvalue weighted by Crippen LogP contribution is 2.10. The lowest BCUT2D eigenvalue weighted by Gasteiger charge is -2.25. The number of nitrogens with zero attached hydrogens (tertiary/aromatic N) is 2. The first kappa shape index (κ1) is 23.9. The second kappa shape index (κ2) is 11.7. The van der Waals surface area contributed by atoms with Gasteiger partial charge < -0.3 is 10.6 Å². The SMILES string of the molecule is CN=C(NCCc1ccc(S(C)(=O)=O)cc1)NCCC(C)N(C)Cc1ccccc1. The van der Waals surface area contributed by atoms with E-state index in [0.717, 1.165) is 44.0 Å². The molecule has 0 fully saturated rings. The summed E-state index contributed by atoms with van der Waals surface area (Å²) in [7, 11) is 0.771. The minimum atomic E-state index is -3.15. The van der Waals surface area contributed by atoms with Crippen LogP contribution in [0.2, 0.25) is 0 Å². The van der Waals surface area contributed by atoms with E-state index in [1.54, 1.807) is 19.2 Å². The molecule has 7 heteroatoms. The lowest BCUT2D eigenvalue weighted by molar-refractivity contribution is 0.238. The van der Waals surface area contributed by atoms with Crippen molar-refractivity contribution in [3.8, 4) is 0 Å². The van der Waals surface area contributed by atoms with Crippen LogP contribution in [0.1, 0.15) is 24.5 Å². The van der Waals surface area contributed by atoms with Crippen molar-refractivity contribution < 1.29 is 8.42 Å². The molecular formula is C23H34N4O2S. The summed E-state index contributed by atoms with van der Waals surface area (Å²) in [6.07, 6.45) is 3.03. The van der Waals surface area contributed by atoms with Gasteiger partial charge in [-0.2, -0.15) is 0 Å². The summed E-state index contributed by atoms with van der Waals surface area (Å²) in [4.78, 5) is 6.98. The second-order valence-corrected chi connectivity index (χ2v) is 9.65. The number of hydrogen-bond acceptors (Lipinski definition) is 4. The Labute approximate surface area is 181 Å². The molecular weight excluding hydrogens is 396 g/mol. The van der Waals surface area contributed by atoms with E-state index < -0.39 is 9.84 Å². The molecule has 0 bridgehead atoms. The van der Waals surface area contributed by atoms with E-state index in [9.17, 15) is 8.42 Å². The van der Waals surface area contributed by atoms with E-state index in [4.69, 9.17) is 0 Å². The molecule has 0 amide bonds. The Balaban J connectivity index is 1.69. The molecule has 0 aromatic heterocycles. The molecule has 1 unspecified atom stereocenters. The summed E-state index contributed by atoms with van der Waals surface area (Å²) in [6, 6.07) is 18.0. The van der Waals surface area contributed by atoms with Gasteiger partial charge in [-0.1, -0.05) is 42.5 Å². The van der Waals surface area contributed by atoms with Crippen LogP contribution in [0.3, 0.4) is 0 Å². The van der Waals surface area contributed by atoms with E-state index in [0.29, 0.717) is 10.9 Å². The molecule has 0 radical (unpaired) electrons. The molecule has 0 aliphatic rings. The largest absolute Gasteiger partial charge is 0.356 e. The van der Waals surface area contributed by atoms with Crippen LogP contribution < -0.4 is 10.6 Å². The predicted molar refractivity (Wildman–Crippen MR) is 125 cm³/mol. The maximum atomic E-state index is 11.5. The number of sulfone groups is 1. The highest BCUT2D eigenvalue weighted by molar-refractivity contribution is 7.90. The second-order valence-electron chi connectivity index (χ2n) is 7.63. The topological polar surface area (TPSA) is 73.8 Å². The summed E-state index contributed by atoms with van der Waals surface area (Å²) in [5, 5.41) is 6.68. The normalized spacial score (nSPS) is 13.3. The molecule has 0 spiro atoms. The van der Waals surface area contributed by atoms with Gasteiger partial charge in [-0.15, -0.1) is 0 Å². The fourth-order valence-electron chi connectivity index (χ4n) is 3.10. The molecule has 6 nitrogen and oxygen atoms in total. The van der Waals surface area contributed by atoms with Crippen LogP contribution in [0.25, 0.3) is 0 Å². The molecule has 2 rings (SSSR count). The monoisotopic (exact) mass is 430 g/mol. The third kappa shape index (κ3) is 8.16. The third-order valence-electron chi connectivity index (χ3n) is 5.16. The molecule has 0 saturated carbocycles. The smallest absolute Gasteiger partial charge is 0.190 e. The van der Waals surface area contributed by atoms with Crippen molar-refractivity contribution in [2.45, 2.75) is 37.2 Å². The molecule has 2 aromatic carbocycles. The summed E-state index contributed by atoms with van der Waals surface area (Å²) in [5.74, 6) is 0.778. The summed E-state index contributed by atoms with van der Waals surface area (Å²) < 4.78 is 23.1. The van der Waals surface area contributed by atoms with E-state index >= 15 is 0 Å². The Kier molecular flexibility index (Phi) is 9.33. The van der Waals surface area contributed by atoms with Crippen molar-refractivity contribution in [3.63, 3.8) is 0 Å². The standard InChI is InChI=1S/C23H34N4O2S/c1-19(27(3)18-21-8-6-5-7-9-21)14-16-25-23(24-2)26-17-15-20-10-12-22(13-11-20)30(4,28)29/h5-13,19H,14-18H2,1-4H3,(H2,24,25,26). The highest BCUT2D eigenvalue weighted by Gasteiger charge is 2.10. The van der Waals surface area contributed by atoms with Crippen molar-refractivity contribution in [2.75, 3.05) is 33.4 Å². The zero-order chi connectivity index (χ0) is 22.0. The van der Waals surface area contributed by atoms with E-state index in [-0.39, 0.29) is 0 Å². The molecule has 1 atom stereocenters. The predicted octanol–water partition coefficient (Wildman–Crippen LogP) is 2.71. The number of guanidine groups is 1. The van der Waals surface area contributed by atoms with Gasteiger partial charge in [0.2, 0.25) is 0 Å². The van der Waals surface area contributed by atoms with E-state index in [1.165, 1.54) is 11.8 Å². The van der Waals surface area contributed by atoms with Gasteiger partial charge in [-0.25, -0.2) is 8.42 Å². The summed E-state index contributed by atoms with van der Waals surface area (Å²) in [5.41, 5.74) is 2.41.